The number of primary amides is 1. The molecular formula is C20H17FN4O3S. The van der Waals surface area contributed by atoms with Gasteiger partial charge in [0.15, 0.2) is 0 Å². The second-order valence-corrected chi connectivity index (χ2v) is 6.90. The van der Waals surface area contributed by atoms with Crippen LogP contribution in [0.3, 0.4) is 0 Å². The zero-order valence-corrected chi connectivity index (χ0v) is 16.0. The van der Waals surface area contributed by atoms with Crippen LogP contribution in [0.25, 0.3) is 10.6 Å². The van der Waals surface area contributed by atoms with E-state index in [9.17, 15) is 18.8 Å². The summed E-state index contributed by atoms with van der Waals surface area (Å²) in [5.74, 6) is -1.82. The monoisotopic (exact) mass is 412 g/mol. The van der Waals surface area contributed by atoms with E-state index in [1.165, 1.54) is 17.4 Å². The topological polar surface area (TPSA) is 114 Å². The van der Waals surface area contributed by atoms with Gasteiger partial charge in [-0.1, -0.05) is 24.3 Å². The Balaban J connectivity index is 1.58. The summed E-state index contributed by atoms with van der Waals surface area (Å²) in [6, 6.07) is 12.8. The van der Waals surface area contributed by atoms with Crippen molar-refractivity contribution in [2.45, 2.75) is 6.54 Å². The minimum Gasteiger partial charge on any atom is -0.368 e. The van der Waals surface area contributed by atoms with Gasteiger partial charge in [-0.15, -0.1) is 11.3 Å². The zero-order chi connectivity index (χ0) is 20.8. The van der Waals surface area contributed by atoms with Crippen molar-refractivity contribution in [3.05, 3.63) is 76.5 Å². The molecule has 2 aromatic carbocycles. The molecule has 29 heavy (non-hydrogen) atoms. The molecule has 0 bridgehead atoms. The molecule has 0 saturated heterocycles. The third-order valence-electron chi connectivity index (χ3n) is 3.93. The van der Waals surface area contributed by atoms with Gasteiger partial charge in [0.2, 0.25) is 5.91 Å². The summed E-state index contributed by atoms with van der Waals surface area (Å²) in [6.45, 7) is -0.00622. The smallest absolute Gasteiger partial charge is 0.271 e. The van der Waals surface area contributed by atoms with E-state index in [1.807, 2.05) is 0 Å². The maximum Gasteiger partial charge on any atom is 0.271 e. The number of thiazole rings is 1. The largest absolute Gasteiger partial charge is 0.368 e. The Morgan fingerprint density at radius 3 is 2.41 bits per heavy atom. The van der Waals surface area contributed by atoms with Gasteiger partial charge in [-0.2, -0.15) is 0 Å². The van der Waals surface area contributed by atoms with Crippen LogP contribution in [-0.2, 0) is 11.3 Å². The molecule has 0 unspecified atom stereocenters. The van der Waals surface area contributed by atoms with Crippen LogP contribution in [0, 0.1) is 5.82 Å². The maximum atomic E-state index is 13.8. The van der Waals surface area contributed by atoms with Gasteiger partial charge in [-0.05, 0) is 29.8 Å². The number of amides is 3. The highest BCUT2D eigenvalue weighted by atomic mass is 32.1. The molecule has 0 atom stereocenters. The molecule has 3 amide bonds. The van der Waals surface area contributed by atoms with Crippen molar-refractivity contribution in [1.82, 2.24) is 15.6 Å². The SMILES string of the molecule is NC(=O)CNC(=O)c1ccc(CNC(=O)c2csc(-c3ccccc3F)n2)cc1. The second kappa shape index (κ2) is 9.07. The number of carbonyl (C=O) groups excluding carboxylic acids is 3. The first-order valence-electron chi connectivity index (χ1n) is 8.58. The van der Waals surface area contributed by atoms with Crippen molar-refractivity contribution in [2.24, 2.45) is 5.73 Å². The molecule has 1 aromatic heterocycles. The third-order valence-corrected chi connectivity index (χ3v) is 4.81. The van der Waals surface area contributed by atoms with Gasteiger partial charge in [-0.3, -0.25) is 14.4 Å². The van der Waals surface area contributed by atoms with Gasteiger partial charge in [0, 0.05) is 23.1 Å². The van der Waals surface area contributed by atoms with E-state index in [0.717, 1.165) is 5.56 Å². The number of aromatic nitrogens is 1. The summed E-state index contributed by atoms with van der Waals surface area (Å²) >= 11 is 1.19. The van der Waals surface area contributed by atoms with E-state index in [2.05, 4.69) is 15.6 Å². The van der Waals surface area contributed by atoms with Crippen LogP contribution in [0.15, 0.2) is 53.9 Å². The Kier molecular flexibility index (Phi) is 6.30. The molecule has 7 nitrogen and oxygen atoms in total. The van der Waals surface area contributed by atoms with Gasteiger partial charge in [0.1, 0.15) is 16.5 Å². The lowest BCUT2D eigenvalue weighted by Gasteiger charge is -2.06. The van der Waals surface area contributed by atoms with Crippen LogP contribution >= 0.6 is 11.3 Å². The Morgan fingerprint density at radius 2 is 1.72 bits per heavy atom. The number of hydrogen-bond donors (Lipinski definition) is 3. The van der Waals surface area contributed by atoms with Crippen LogP contribution < -0.4 is 16.4 Å². The first kappa shape index (κ1) is 20.2. The van der Waals surface area contributed by atoms with Crippen molar-refractivity contribution >= 4 is 29.1 Å². The fourth-order valence-electron chi connectivity index (χ4n) is 2.45. The fourth-order valence-corrected chi connectivity index (χ4v) is 3.28. The first-order valence-corrected chi connectivity index (χ1v) is 9.46. The second-order valence-electron chi connectivity index (χ2n) is 6.05. The molecule has 3 aromatic rings. The van der Waals surface area contributed by atoms with Crippen LogP contribution in [-0.4, -0.2) is 29.3 Å². The van der Waals surface area contributed by atoms with Crippen molar-refractivity contribution in [2.75, 3.05) is 6.54 Å². The highest BCUT2D eigenvalue weighted by molar-refractivity contribution is 7.13. The molecule has 3 rings (SSSR count). The Morgan fingerprint density at radius 1 is 1.00 bits per heavy atom. The molecule has 0 spiro atoms. The molecule has 9 heteroatoms. The average molecular weight is 412 g/mol. The lowest BCUT2D eigenvalue weighted by Crippen LogP contribution is -2.33. The van der Waals surface area contributed by atoms with E-state index in [-0.39, 0.29) is 24.7 Å². The average Bonchev–Trinajstić information content (AvgIpc) is 3.21. The summed E-state index contributed by atoms with van der Waals surface area (Å²) in [6.07, 6.45) is 0. The Labute approximate surface area is 169 Å². The van der Waals surface area contributed by atoms with Crippen molar-refractivity contribution < 1.29 is 18.8 Å². The molecule has 148 valence electrons. The van der Waals surface area contributed by atoms with E-state index in [0.29, 0.717) is 16.1 Å². The molecular weight excluding hydrogens is 395 g/mol. The highest BCUT2D eigenvalue weighted by Gasteiger charge is 2.14. The van der Waals surface area contributed by atoms with Crippen LogP contribution in [0.5, 0.6) is 0 Å². The van der Waals surface area contributed by atoms with Crippen molar-refractivity contribution in [3.8, 4) is 10.6 Å². The van der Waals surface area contributed by atoms with E-state index < -0.39 is 17.6 Å². The minimum absolute atomic E-state index is 0.204. The number of carbonyl (C=O) groups is 3. The number of nitrogens with zero attached hydrogens (tertiary/aromatic N) is 1. The predicted molar refractivity (Wildman–Crippen MR) is 107 cm³/mol. The highest BCUT2D eigenvalue weighted by Crippen LogP contribution is 2.26. The molecule has 1 heterocycles. The minimum atomic E-state index is -0.627. The van der Waals surface area contributed by atoms with Gasteiger partial charge in [0.05, 0.1) is 6.54 Å². The normalized spacial score (nSPS) is 10.4. The first-order chi connectivity index (χ1) is 13.9. The number of nitrogens with two attached hydrogens (primary N) is 1. The van der Waals surface area contributed by atoms with E-state index >= 15 is 0 Å². The third kappa shape index (κ3) is 5.23. The van der Waals surface area contributed by atoms with Gasteiger partial charge >= 0.3 is 0 Å². The molecule has 0 radical (unpaired) electrons. The standard InChI is InChI=1S/C20H17FN4O3S/c21-15-4-2-1-3-14(15)20-25-16(11-29-20)19(28)23-9-12-5-7-13(8-6-12)18(27)24-10-17(22)26/h1-8,11H,9-10H2,(H2,22,26)(H,23,28)(H,24,27). The summed E-state index contributed by atoms with van der Waals surface area (Å²) in [4.78, 5) is 39.0. The van der Waals surface area contributed by atoms with Crippen LogP contribution in [0.1, 0.15) is 26.4 Å². The number of benzene rings is 2. The number of halogens is 1. The van der Waals surface area contributed by atoms with Crippen molar-refractivity contribution in [3.63, 3.8) is 0 Å². The van der Waals surface area contributed by atoms with Gasteiger partial charge in [0.25, 0.3) is 11.8 Å². The lowest BCUT2D eigenvalue weighted by atomic mass is 10.1. The number of nitrogens with one attached hydrogen (secondary N) is 2. The fraction of sp³-hybridized carbons (Fsp3) is 0.100. The summed E-state index contributed by atoms with van der Waals surface area (Å²) in [5, 5.41) is 7.13. The van der Waals surface area contributed by atoms with Crippen LogP contribution in [0.4, 0.5) is 4.39 Å². The zero-order valence-electron chi connectivity index (χ0n) is 15.1. The number of hydrogen-bond acceptors (Lipinski definition) is 5. The van der Waals surface area contributed by atoms with Gasteiger partial charge < -0.3 is 16.4 Å². The van der Waals surface area contributed by atoms with Gasteiger partial charge in [-0.25, -0.2) is 9.37 Å². The molecule has 0 fully saturated rings. The molecule has 0 aliphatic rings. The lowest BCUT2D eigenvalue weighted by molar-refractivity contribution is -0.117. The summed E-state index contributed by atoms with van der Waals surface area (Å²) in [5.41, 5.74) is 6.68. The summed E-state index contributed by atoms with van der Waals surface area (Å²) < 4.78 is 13.8. The van der Waals surface area contributed by atoms with E-state index in [4.69, 9.17) is 5.73 Å². The molecule has 0 aliphatic heterocycles. The predicted octanol–water partition coefficient (Wildman–Crippen LogP) is 2.09. The Hall–Kier alpha value is -3.59. The Bertz CT molecular complexity index is 1050. The molecule has 0 saturated carbocycles. The maximum absolute atomic E-state index is 13.8. The summed E-state index contributed by atoms with van der Waals surface area (Å²) in [7, 11) is 0. The van der Waals surface area contributed by atoms with Crippen molar-refractivity contribution in [1.29, 1.82) is 0 Å². The van der Waals surface area contributed by atoms with E-state index in [1.54, 1.807) is 47.8 Å². The quantitative estimate of drug-likeness (QED) is 0.551. The molecule has 0 aliphatic carbocycles. The molecule has 4 N–H and O–H groups in total. The number of rotatable bonds is 7. The van der Waals surface area contributed by atoms with Crippen LogP contribution in [0.2, 0.25) is 0 Å².